The predicted molar refractivity (Wildman–Crippen MR) is 130 cm³/mol. The number of ether oxygens (including phenoxy) is 1. The minimum Gasteiger partial charge on any atom is -0.457 e. The van der Waals surface area contributed by atoms with Gasteiger partial charge in [-0.2, -0.15) is 0 Å². The zero-order valence-electron chi connectivity index (χ0n) is 19.0. The number of allylic oxidation sites excluding steroid dienone is 4. The highest BCUT2D eigenvalue weighted by molar-refractivity contribution is 5.94. The van der Waals surface area contributed by atoms with Crippen molar-refractivity contribution in [2.24, 2.45) is 0 Å². The van der Waals surface area contributed by atoms with Crippen LogP contribution < -0.4 is 10.1 Å². The van der Waals surface area contributed by atoms with E-state index in [0.29, 0.717) is 22.6 Å². The summed E-state index contributed by atoms with van der Waals surface area (Å²) < 4.78 is 32.5. The summed E-state index contributed by atoms with van der Waals surface area (Å²) in [7, 11) is 0. The molecule has 0 fully saturated rings. The number of nitrogens with one attached hydrogen (secondary N) is 1. The van der Waals surface area contributed by atoms with Gasteiger partial charge >= 0.3 is 0 Å². The lowest BCUT2D eigenvalue weighted by molar-refractivity contribution is 0.0950. The number of rotatable bonds is 6. The molecular formula is C28H29F2NO2. The Kier molecular flexibility index (Phi) is 8.14. The molecule has 33 heavy (non-hydrogen) atoms. The van der Waals surface area contributed by atoms with Crippen LogP contribution in [0.4, 0.5) is 8.78 Å². The lowest BCUT2D eigenvalue weighted by Crippen LogP contribution is -2.22. The van der Waals surface area contributed by atoms with Crippen LogP contribution in [0.1, 0.15) is 48.7 Å². The van der Waals surface area contributed by atoms with E-state index in [-0.39, 0.29) is 13.9 Å². The molecular weight excluding hydrogens is 420 g/mol. The molecule has 4 rings (SSSR count). The summed E-state index contributed by atoms with van der Waals surface area (Å²) >= 11 is 0. The highest BCUT2D eigenvalue weighted by Crippen LogP contribution is 2.30. The lowest BCUT2D eigenvalue weighted by Gasteiger charge is -2.12. The molecule has 3 aromatic carbocycles. The third kappa shape index (κ3) is 6.16. The minimum absolute atomic E-state index is 0. The second kappa shape index (κ2) is 11.2. The van der Waals surface area contributed by atoms with Crippen molar-refractivity contribution in [1.29, 1.82) is 0 Å². The third-order valence-electron chi connectivity index (χ3n) is 5.05. The molecule has 1 amide bonds. The SMILES string of the molecule is CC.Cc1ccc(C(=O)NCc2ccc(F)c(F)c2)cc1Oc1cccc(C2=CCC=C2)c1.[HH]. The van der Waals surface area contributed by atoms with Gasteiger partial charge in [-0.25, -0.2) is 8.78 Å². The maximum Gasteiger partial charge on any atom is 0.251 e. The Morgan fingerprint density at radius 3 is 2.58 bits per heavy atom. The van der Waals surface area contributed by atoms with Gasteiger partial charge in [-0.1, -0.05) is 56.3 Å². The van der Waals surface area contributed by atoms with Crippen LogP contribution in [0.15, 0.2) is 78.9 Å². The van der Waals surface area contributed by atoms with Gasteiger partial charge in [0.2, 0.25) is 0 Å². The van der Waals surface area contributed by atoms with Crippen LogP contribution >= 0.6 is 0 Å². The summed E-state index contributed by atoms with van der Waals surface area (Å²) in [6.45, 7) is 6.00. The van der Waals surface area contributed by atoms with Crippen LogP contribution in [-0.2, 0) is 6.54 Å². The molecule has 0 radical (unpaired) electrons. The number of amides is 1. The zero-order chi connectivity index (χ0) is 23.8. The van der Waals surface area contributed by atoms with E-state index < -0.39 is 11.6 Å². The molecule has 172 valence electrons. The summed E-state index contributed by atoms with van der Waals surface area (Å²) in [6.07, 6.45) is 7.28. The first kappa shape index (κ1) is 23.9. The number of carbonyl (C=O) groups is 1. The molecule has 0 aliphatic heterocycles. The summed E-state index contributed by atoms with van der Waals surface area (Å²) in [4.78, 5) is 12.6. The molecule has 3 aromatic rings. The second-order valence-electron chi connectivity index (χ2n) is 7.34. The number of halogens is 2. The van der Waals surface area contributed by atoms with Gasteiger partial charge in [0.25, 0.3) is 5.91 Å². The quantitative estimate of drug-likeness (QED) is 0.420. The Morgan fingerprint density at radius 1 is 1.03 bits per heavy atom. The van der Waals surface area contributed by atoms with Crippen molar-refractivity contribution in [2.75, 3.05) is 0 Å². The highest BCUT2D eigenvalue weighted by atomic mass is 19.2. The molecule has 0 aromatic heterocycles. The van der Waals surface area contributed by atoms with E-state index in [0.717, 1.165) is 35.3 Å². The molecule has 1 aliphatic rings. The van der Waals surface area contributed by atoms with Crippen molar-refractivity contribution >= 4 is 11.5 Å². The van der Waals surface area contributed by atoms with Gasteiger partial charge in [0.1, 0.15) is 11.5 Å². The van der Waals surface area contributed by atoms with Crippen molar-refractivity contribution in [3.05, 3.63) is 113 Å². The van der Waals surface area contributed by atoms with Gasteiger partial charge in [0.05, 0.1) is 0 Å². The lowest BCUT2D eigenvalue weighted by atomic mass is 10.1. The molecule has 3 nitrogen and oxygen atoms in total. The van der Waals surface area contributed by atoms with Crippen LogP contribution in [0.5, 0.6) is 11.5 Å². The van der Waals surface area contributed by atoms with Crippen molar-refractivity contribution in [3.63, 3.8) is 0 Å². The van der Waals surface area contributed by atoms with E-state index in [4.69, 9.17) is 4.74 Å². The summed E-state index contributed by atoms with van der Waals surface area (Å²) in [5, 5.41) is 2.72. The van der Waals surface area contributed by atoms with Crippen LogP contribution in [-0.4, -0.2) is 5.91 Å². The van der Waals surface area contributed by atoms with Crippen LogP contribution in [0.3, 0.4) is 0 Å². The largest absolute Gasteiger partial charge is 0.457 e. The fourth-order valence-corrected chi connectivity index (χ4v) is 3.32. The average molecular weight is 450 g/mol. The predicted octanol–water partition coefficient (Wildman–Crippen LogP) is 7.61. The third-order valence-corrected chi connectivity index (χ3v) is 5.05. The molecule has 0 saturated carbocycles. The van der Waals surface area contributed by atoms with Gasteiger partial charge in [0.15, 0.2) is 11.6 Å². The number of hydrogen-bond donors (Lipinski definition) is 1. The monoisotopic (exact) mass is 449 g/mol. The van der Waals surface area contributed by atoms with Crippen molar-refractivity contribution < 1.29 is 19.7 Å². The Balaban J connectivity index is 0.00000133. The van der Waals surface area contributed by atoms with Gasteiger partial charge in [-0.3, -0.25) is 4.79 Å². The van der Waals surface area contributed by atoms with E-state index in [9.17, 15) is 13.6 Å². The number of benzene rings is 3. The first-order valence-electron chi connectivity index (χ1n) is 11.0. The molecule has 1 N–H and O–H groups in total. The summed E-state index contributed by atoms with van der Waals surface area (Å²) in [6, 6.07) is 16.5. The Bertz CT molecular complexity index is 1200. The first-order chi connectivity index (χ1) is 16.0. The second-order valence-corrected chi connectivity index (χ2v) is 7.34. The fourth-order valence-electron chi connectivity index (χ4n) is 3.32. The number of carbonyl (C=O) groups excluding carboxylic acids is 1. The van der Waals surface area contributed by atoms with Gasteiger partial charge < -0.3 is 10.1 Å². The van der Waals surface area contributed by atoms with E-state index in [1.54, 1.807) is 12.1 Å². The van der Waals surface area contributed by atoms with Gasteiger partial charge in [-0.15, -0.1) is 0 Å². The molecule has 1 aliphatic carbocycles. The zero-order valence-corrected chi connectivity index (χ0v) is 19.0. The maximum atomic E-state index is 13.3. The molecule has 0 heterocycles. The van der Waals surface area contributed by atoms with Crippen LogP contribution in [0, 0.1) is 18.6 Å². The molecule has 0 saturated heterocycles. The average Bonchev–Trinajstić information content (AvgIpc) is 3.38. The van der Waals surface area contributed by atoms with E-state index in [1.807, 2.05) is 51.1 Å². The summed E-state index contributed by atoms with van der Waals surface area (Å²) in [5.74, 6) is -0.928. The molecule has 0 atom stereocenters. The molecule has 0 bridgehead atoms. The van der Waals surface area contributed by atoms with Crippen LogP contribution in [0.2, 0.25) is 0 Å². The molecule has 5 heteroatoms. The fraction of sp³-hybridized carbons (Fsp3) is 0.179. The Morgan fingerprint density at radius 2 is 1.85 bits per heavy atom. The van der Waals surface area contributed by atoms with Crippen molar-refractivity contribution in [1.82, 2.24) is 5.32 Å². The Labute approximate surface area is 194 Å². The van der Waals surface area contributed by atoms with E-state index >= 15 is 0 Å². The highest BCUT2D eigenvalue weighted by Gasteiger charge is 2.11. The first-order valence-corrected chi connectivity index (χ1v) is 11.0. The van der Waals surface area contributed by atoms with E-state index in [2.05, 4.69) is 23.5 Å². The minimum atomic E-state index is -0.941. The van der Waals surface area contributed by atoms with Gasteiger partial charge in [0, 0.05) is 13.5 Å². The smallest absolute Gasteiger partial charge is 0.251 e. The topological polar surface area (TPSA) is 38.3 Å². The standard InChI is InChI=1S/C26H21F2NO2.C2H6.H2/c1-17-9-11-21(26(30)29-16-18-10-12-23(27)24(28)13-18)15-25(17)31-22-8-4-7-20(14-22)19-5-2-3-6-19;1-2;/h2,4-15H,3,16H2,1H3,(H,29,30);1-2H3;1H. The van der Waals surface area contributed by atoms with Gasteiger partial charge in [-0.05, 0) is 72.0 Å². The summed E-state index contributed by atoms with van der Waals surface area (Å²) in [5.41, 5.74) is 4.02. The van der Waals surface area contributed by atoms with Crippen molar-refractivity contribution in [3.8, 4) is 11.5 Å². The van der Waals surface area contributed by atoms with Crippen molar-refractivity contribution in [2.45, 2.75) is 33.7 Å². The number of hydrogen-bond acceptors (Lipinski definition) is 2. The van der Waals surface area contributed by atoms with E-state index in [1.165, 1.54) is 6.07 Å². The van der Waals surface area contributed by atoms with Crippen LogP contribution in [0.25, 0.3) is 5.57 Å². The normalized spacial score (nSPS) is 12.0. The Hall–Kier alpha value is -3.73. The molecule has 0 unspecified atom stereocenters. The maximum absolute atomic E-state index is 13.3. The molecule has 0 spiro atoms. The number of aryl methyl sites for hydroxylation is 1.